The maximum atomic E-state index is 6.36. The van der Waals surface area contributed by atoms with E-state index in [2.05, 4.69) is 51.2 Å². The molecule has 0 saturated heterocycles. The Hall–Kier alpha value is -0.730. The predicted octanol–water partition coefficient (Wildman–Crippen LogP) is 3.93. The summed E-state index contributed by atoms with van der Waals surface area (Å²) >= 11 is 6.36. The first-order valence-corrected chi connectivity index (χ1v) is 7.88. The van der Waals surface area contributed by atoms with Gasteiger partial charge >= 0.3 is 0 Å². The lowest BCUT2D eigenvalue weighted by atomic mass is 9.90. The molecule has 0 aromatic heterocycles. The van der Waals surface area contributed by atoms with Crippen molar-refractivity contribution in [1.82, 2.24) is 5.32 Å². The Labute approximate surface area is 127 Å². The highest BCUT2D eigenvalue weighted by Crippen LogP contribution is 2.29. The monoisotopic (exact) mass is 295 g/mol. The minimum atomic E-state index is 0.182. The minimum absolute atomic E-state index is 0.182. The Balaban J connectivity index is 1.72. The van der Waals surface area contributed by atoms with Gasteiger partial charge in [0.1, 0.15) is 11.9 Å². The molecule has 2 nitrogen and oxygen atoms in total. The summed E-state index contributed by atoms with van der Waals surface area (Å²) in [6, 6.07) is 6.40. The summed E-state index contributed by atoms with van der Waals surface area (Å²) in [5.74, 6) is 1.04. The average Bonchev–Trinajstić information content (AvgIpc) is 2.68. The normalized spacial score (nSPS) is 19.6. The molecule has 1 aromatic rings. The van der Waals surface area contributed by atoms with Gasteiger partial charge in [0.05, 0.1) is 0 Å². The van der Waals surface area contributed by atoms with Gasteiger partial charge in [0.2, 0.25) is 0 Å². The van der Waals surface area contributed by atoms with Crippen molar-refractivity contribution < 1.29 is 4.74 Å². The summed E-state index contributed by atoms with van der Waals surface area (Å²) in [7, 11) is 0. The van der Waals surface area contributed by atoms with Crippen molar-refractivity contribution in [2.75, 3.05) is 13.1 Å². The van der Waals surface area contributed by atoms with E-state index >= 15 is 0 Å². The lowest BCUT2D eigenvalue weighted by Gasteiger charge is -2.22. The van der Waals surface area contributed by atoms with Gasteiger partial charge in [0.25, 0.3) is 0 Å². The van der Waals surface area contributed by atoms with E-state index in [0.717, 1.165) is 31.7 Å². The van der Waals surface area contributed by atoms with Crippen LogP contribution in [0.3, 0.4) is 0 Å². The molecule has 1 N–H and O–H groups in total. The van der Waals surface area contributed by atoms with E-state index in [9.17, 15) is 0 Å². The number of nitrogens with one attached hydrogen (secondary N) is 1. The number of hydrogen-bond donors (Lipinski definition) is 1. The first-order chi connectivity index (χ1) is 9.33. The molecule has 1 aromatic carbocycles. The molecule has 0 bridgehead atoms. The third-order valence-corrected chi connectivity index (χ3v) is 3.84. The Morgan fingerprint density at radius 2 is 2.15 bits per heavy atom. The number of alkyl halides is 1. The van der Waals surface area contributed by atoms with Crippen molar-refractivity contribution in [3.63, 3.8) is 0 Å². The molecular formula is C17H26ClNO. The first kappa shape index (κ1) is 15.7. The van der Waals surface area contributed by atoms with Gasteiger partial charge in [-0.1, -0.05) is 38.5 Å². The molecule has 0 aliphatic carbocycles. The second kappa shape index (κ2) is 6.36. The smallest absolute Gasteiger partial charge is 0.123 e. The molecule has 3 heteroatoms. The molecule has 1 heterocycles. The summed E-state index contributed by atoms with van der Waals surface area (Å²) in [5, 5.41) is 3.62. The lowest BCUT2D eigenvalue weighted by Crippen LogP contribution is -2.34. The molecule has 2 rings (SSSR count). The Morgan fingerprint density at radius 1 is 1.40 bits per heavy atom. The van der Waals surface area contributed by atoms with Gasteiger partial charge in [0.15, 0.2) is 0 Å². The molecule has 1 aliphatic rings. The number of ether oxygens (including phenoxy) is 1. The molecule has 0 amide bonds. The number of aryl methyl sites for hydroxylation is 1. The van der Waals surface area contributed by atoms with Crippen LogP contribution >= 0.6 is 11.6 Å². The quantitative estimate of drug-likeness (QED) is 0.831. The number of halogens is 1. The van der Waals surface area contributed by atoms with Crippen molar-refractivity contribution >= 4 is 11.6 Å². The zero-order chi connectivity index (χ0) is 14.8. The van der Waals surface area contributed by atoms with E-state index in [1.807, 2.05) is 0 Å². The highest BCUT2D eigenvalue weighted by molar-refractivity contribution is 6.20. The van der Waals surface area contributed by atoms with Crippen LogP contribution in [-0.2, 0) is 6.42 Å². The molecule has 112 valence electrons. The largest absolute Gasteiger partial charge is 0.488 e. The molecule has 0 spiro atoms. The van der Waals surface area contributed by atoms with Gasteiger partial charge in [0, 0.05) is 24.9 Å². The van der Waals surface area contributed by atoms with Gasteiger partial charge in [-0.3, -0.25) is 0 Å². The van der Waals surface area contributed by atoms with Crippen LogP contribution in [0.2, 0.25) is 0 Å². The van der Waals surface area contributed by atoms with Crippen LogP contribution in [0.25, 0.3) is 0 Å². The molecule has 0 fully saturated rings. The molecular weight excluding hydrogens is 270 g/mol. The Kier molecular flexibility index (Phi) is 4.98. The minimum Gasteiger partial charge on any atom is -0.488 e. The van der Waals surface area contributed by atoms with Crippen LogP contribution in [-0.4, -0.2) is 24.6 Å². The second-order valence-electron chi connectivity index (χ2n) is 7.08. The maximum Gasteiger partial charge on any atom is 0.123 e. The van der Waals surface area contributed by atoms with Crippen LogP contribution < -0.4 is 10.1 Å². The van der Waals surface area contributed by atoms with Gasteiger partial charge in [-0.15, -0.1) is 11.6 Å². The molecule has 0 radical (unpaired) electrons. The molecule has 20 heavy (non-hydrogen) atoms. The third-order valence-electron chi connectivity index (χ3n) is 3.53. The SMILES string of the molecule is Cc1ccc2c(c1)CC(CNCC(Cl)CC(C)(C)C)O2. The van der Waals surface area contributed by atoms with Crippen LogP contribution in [0.15, 0.2) is 18.2 Å². The molecule has 2 unspecified atom stereocenters. The van der Waals surface area contributed by atoms with Crippen molar-refractivity contribution in [3.05, 3.63) is 29.3 Å². The zero-order valence-electron chi connectivity index (χ0n) is 13.0. The number of fused-ring (bicyclic) bond motifs is 1. The van der Waals surface area contributed by atoms with E-state index in [4.69, 9.17) is 16.3 Å². The van der Waals surface area contributed by atoms with Crippen LogP contribution in [0.5, 0.6) is 5.75 Å². The highest BCUT2D eigenvalue weighted by atomic mass is 35.5. The van der Waals surface area contributed by atoms with Crippen molar-refractivity contribution in [3.8, 4) is 5.75 Å². The molecule has 1 aliphatic heterocycles. The lowest BCUT2D eigenvalue weighted by molar-refractivity contribution is 0.226. The summed E-state index contributed by atoms with van der Waals surface area (Å²) in [6.07, 6.45) is 2.26. The summed E-state index contributed by atoms with van der Waals surface area (Å²) in [5.41, 5.74) is 2.91. The first-order valence-electron chi connectivity index (χ1n) is 7.44. The maximum absolute atomic E-state index is 6.36. The number of hydrogen-bond acceptors (Lipinski definition) is 2. The topological polar surface area (TPSA) is 21.3 Å². The van der Waals surface area contributed by atoms with E-state index in [0.29, 0.717) is 0 Å². The van der Waals surface area contributed by atoms with Crippen LogP contribution in [0.1, 0.15) is 38.3 Å². The summed E-state index contributed by atoms with van der Waals surface area (Å²) in [6.45, 7) is 10.5. The van der Waals surface area contributed by atoms with Crippen molar-refractivity contribution in [2.45, 2.75) is 52.0 Å². The fraction of sp³-hybridized carbons (Fsp3) is 0.647. The molecule has 0 saturated carbocycles. The van der Waals surface area contributed by atoms with E-state index in [1.54, 1.807) is 0 Å². The Morgan fingerprint density at radius 3 is 2.85 bits per heavy atom. The van der Waals surface area contributed by atoms with Gasteiger partial charge in [-0.05, 0) is 30.4 Å². The second-order valence-corrected chi connectivity index (χ2v) is 7.69. The number of benzene rings is 1. The summed E-state index contributed by atoms with van der Waals surface area (Å²) < 4.78 is 5.94. The standard InChI is InChI=1S/C17H26ClNO/c1-12-5-6-16-13(7-12)8-15(20-16)11-19-10-14(18)9-17(2,3)4/h5-7,14-15,19H,8-11H2,1-4H3. The van der Waals surface area contributed by atoms with Crippen molar-refractivity contribution in [1.29, 1.82) is 0 Å². The third kappa shape index (κ3) is 4.68. The fourth-order valence-corrected chi connectivity index (χ4v) is 3.27. The van der Waals surface area contributed by atoms with Crippen LogP contribution in [0.4, 0.5) is 0 Å². The van der Waals surface area contributed by atoms with Gasteiger partial charge in [-0.2, -0.15) is 0 Å². The predicted molar refractivity (Wildman–Crippen MR) is 85.9 cm³/mol. The van der Waals surface area contributed by atoms with E-state index in [1.165, 1.54) is 11.1 Å². The Bertz CT molecular complexity index is 453. The average molecular weight is 296 g/mol. The molecule has 2 atom stereocenters. The van der Waals surface area contributed by atoms with E-state index in [-0.39, 0.29) is 16.9 Å². The number of rotatable bonds is 5. The van der Waals surface area contributed by atoms with Gasteiger partial charge < -0.3 is 10.1 Å². The zero-order valence-corrected chi connectivity index (χ0v) is 13.8. The highest BCUT2D eigenvalue weighted by Gasteiger charge is 2.23. The van der Waals surface area contributed by atoms with Crippen molar-refractivity contribution in [2.24, 2.45) is 5.41 Å². The van der Waals surface area contributed by atoms with Gasteiger partial charge in [-0.25, -0.2) is 0 Å². The van der Waals surface area contributed by atoms with E-state index < -0.39 is 0 Å². The van der Waals surface area contributed by atoms with Crippen LogP contribution in [0, 0.1) is 12.3 Å². The fourth-order valence-electron chi connectivity index (χ4n) is 2.70. The summed E-state index contributed by atoms with van der Waals surface area (Å²) in [4.78, 5) is 0.